The van der Waals surface area contributed by atoms with Crippen molar-refractivity contribution in [2.45, 2.75) is 57.8 Å². The number of nitrogens with zero attached hydrogens (tertiary/aromatic N) is 2. The summed E-state index contributed by atoms with van der Waals surface area (Å²) in [5.41, 5.74) is 1.00. The van der Waals surface area contributed by atoms with Crippen LogP contribution in [-0.2, 0) is 12.1 Å². The smallest absolute Gasteiger partial charge is 0.213 e. The van der Waals surface area contributed by atoms with E-state index in [1.54, 1.807) is 24.5 Å². The first-order valence-electron chi connectivity index (χ1n) is 9.95. The van der Waals surface area contributed by atoms with Crippen LogP contribution in [0, 0.1) is 0 Å². The van der Waals surface area contributed by atoms with Crippen molar-refractivity contribution in [1.29, 1.82) is 0 Å². The lowest BCUT2D eigenvalue weighted by atomic mass is 9.99. The number of hydrogen-bond acceptors (Lipinski definition) is 5. The molecule has 160 valence electrons. The molecule has 1 atom stereocenters. The Hall–Kier alpha value is -1.39. The van der Waals surface area contributed by atoms with Gasteiger partial charge in [-0.25, -0.2) is 9.98 Å². The molecule has 0 aliphatic heterocycles. The second kappa shape index (κ2) is 11.7. The summed E-state index contributed by atoms with van der Waals surface area (Å²) in [6.45, 7) is 5.47. The summed E-state index contributed by atoms with van der Waals surface area (Å²) in [6, 6.07) is 5.86. The number of halogens is 1. The van der Waals surface area contributed by atoms with Crippen molar-refractivity contribution in [2.24, 2.45) is 4.99 Å². The maximum Gasteiger partial charge on any atom is 0.213 e. The first-order valence-corrected chi connectivity index (χ1v) is 10.9. The van der Waals surface area contributed by atoms with Crippen LogP contribution >= 0.6 is 35.3 Å². The highest BCUT2D eigenvalue weighted by molar-refractivity contribution is 14.0. The monoisotopic (exact) mass is 530 g/mol. The number of ether oxygens (including phenoxy) is 1. The summed E-state index contributed by atoms with van der Waals surface area (Å²) in [6.07, 6.45) is 6.77. The Morgan fingerprint density at radius 3 is 2.83 bits per heavy atom. The summed E-state index contributed by atoms with van der Waals surface area (Å²) in [7, 11) is 0. The zero-order valence-corrected chi connectivity index (χ0v) is 20.2. The predicted octanol–water partition coefficient (Wildman–Crippen LogP) is 4.05. The van der Waals surface area contributed by atoms with Crippen molar-refractivity contribution in [1.82, 2.24) is 15.6 Å². The molecule has 1 saturated carbocycles. The molecule has 3 N–H and O–H groups in total. The normalized spacial score (nSPS) is 16.7. The van der Waals surface area contributed by atoms with Crippen molar-refractivity contribution in [3.63, 3.8) is 0 Å². The molecule has 0 aromatic carbocycles. The molecule has 0 saturated heterocycles. The van der Waals surface area contributed by atoms with Gasteiger partial charge in [0.2, 0.25) is 5.88 Å². The highest BCUT2D eigenvalue weighted by Crippen LogP contribution is 2.24. The molecule has 8 heteroatoms. The van der Waals surface area contributed by atoms with Gasteiger partial charge in [-0.05, 0) is 73.6 Å². The van der Waals surface area contributed by atoms with Gasteiger partial charge in [0.05, 0.1) is 13.1 Å². The van der Waals surface area contributed by atoms with Crippen LogP contribution in [0.4, 0.5) is 0 Å². The van der Waals surface area contributed by atoms with E-state index in [-0.39, 0.29) is 24.0 Å². The van der Waals surface area contributed by atoms with Gasteiger partial charge in [-0.1, -0.05) is 0 Å². The highest BCUT2D eigenvalue weighted by atomic mass is 127. The van der Waals surface area contributed by atoms with Crippen LogP contribution in [-0.4, -0.2) is 35.2 Å². The Balaban J connectivity index is 0.00000300. The van der Waals surface area contributed by atoms with E-state index in [1.807, 2.05) is 35.9 Å². The van der Waals surface area contributed by atoms with Gasteiger partial charge in [-0.3, -0.25) is 0 Å². The number of rotatable bonds is 8. The van der Waals surface area contributed by atoms with Crippen LogP contribution in [0.2, 0.25) is 0 Å². The highest BCUT2D eigenvalue weighted by Gasteiger charge is 2.23. The molecule has 0 amide bonds. The molecule has 1 aliphatic rings. The van der Waals surface area contributed by atoms with E-state index in [1.165, 1.54) is 12.8 Å². The standard InChI is InChI=1S/C21H30N4O2S.HI/c1-3-22-20(25-15-21(2,26)17-9-11-28-14-17)24-13-16-8-10-23-19(12-16)27-18-6-4-5-7-18;/h8-12,14,18,26H,3-7,13,15H2,1-2H3,(H2,22,24,25);1H. The van der Waals surface area contributed by atoms with Gasteiger partial charge in [-0.15, -0.1) is 24.0 Å². The van der Waals surface area contributed by atoms with E-state index in [0.29, 0.717) is 31.0 Å². The van der Waals surface area contributed by atoms with Crippen molar-refractivity contribution < 1.29 is 9.84 Å². The van der Waals surface area contributed by atoms with E-state index in [0.717, 1.165) is 30.5 Å². The van der Waals surface area contributed by atoms with Crippen LogP contribution in [0.25, 0.3) is 0 Å². The number of hydrogen-bond donors (Lipinski definition) is 3. The predicted molar refractivity (Wildman–Crippen MR) is 129 cm³/mol. The van der Waals surface area contributed by atoms with Gasteiger partial charge in [-0.2, -0.15) is 11.3 Å². The Kier molecular flexibility index (Phi) is 9.64. The molecular formula is C21H31IN4O2S. The number of aromatic nitrogens is 1. The van der Waals surface area contributed by atoms with Crippen LogP contribution in [0.15, 0.2) is 40.1 Å². The second-order valence-corrected chi connectivity index (χ2v) is 8.14. The lowest BCUT2D eigenvalue weighted by Gasteiger charge is -2.24. The lowest BCUT2D eigenvalue weighted by Crippen LogP contribution is -2.44. The molecule has 1 unspecified atom stereocenters. The number of thiophene rings is 1. The summed E-state index contributed by atoms with van der Waals surface area (Å²) in [5.74, 6) is 1.35. The molecule has 0 radical (unpaired) electrons. The summed E-state index contributed by atoms with van der Waals surface area (Å²) >= 11 is 1.58. The molecule has 0 spiro atoms. The zero-order chi connectivity index (χ0) is 19.8. The van der Waals surface area contributed by atoms with Gasteiger partial charge in [0.1, 0.15) is 11.7 Å². The van der Waals surface area contributed by atoms with E-state index < -0.39 is 5.60 Å². The summed E-state index contributed by atoms with van der Waals surface area (Å²) in [4.78, 5) is 8.97. The SMILES string of the molecule is CCNC(=NCc1ccnc(OC2CCCC2)c1)NCC(C)(O)c1ccsc1.I. The molecule has 2 aromatic heterocycles. The Labute approximate surface area is 194 Å². The van der Waals surface area contributed by atoms with Crippen LogP contribution in [0.1, 0.15) is 50.7 Å². The molecule has 6 nitrogen and oxygen atoms in total. The third-order valence-electron chi connectivity index (χ3n) is 4.90. The van der Waals surface area contributed by atoms with Gasteiger partial charge >= 0.3 is 0 Å². The first kappa shape index (κ1) is 23.9. The first-order chi connectivity index (χ1) is 13.6. The number of nitrogens with one attached hydrogen (secondary N) is 2. The quantitative estimate of drug-likeness (QED) is 0.273. The number of guanidine groups is 1. The number of aliphatic hydroxyl groups is 1. The van der Waals surface area contributed by atoms with E-state index in [9.17, 15) is 5.11 Å². The Morgan fingerprint density at radius 1 is 1.34 bits per heavy atom. The molecule has 29 heavy (non-hydrogen) atoms. The number of aliphatic imine (C=N–C) groups is 1. The van der Waals surface area contributed by atoms with Crippen LogP contribution < -0.4 is 15.4 Å². The van der Waals surface area contributed by atoms with Gasteiger partial charge in [0.25, 0.3) is 0 Å². The van der Waals surface area contributed by atoms with Crippen molar-refractivity contribution in [2.75, 3.05) is 13.1 Å². The molecule has 0 bridgehead atoms. The van der Waals surface area contributed by atoms with Crippen LogP contribution in [0.3, 0.4) is 0 Å². The van der Waals surface area contributed by atoms with Gasteiger partial charge in [0, 0.05) is 18.8 Å². The molecule has 3 rings (SSSR count). The van der Waals surface area contributed by atoms with Gasteiger partial charge < -0.3 is 20.5 Å². The minimum absolute atomic E-state index is 0. The average molecular weight is 530 g/mol. The van der Waals surface area contributed by atoms with Crippen LogP contribution in [0.5, 0.6) is 5.88 Å². The topological polar surface area (TPSA) is 78.8 Å². The van der Waals surface area contributed by atoms with E-state index >= 15 is 0 Å². The zero-order valence-electron chi connectivity index (χ0n) is 17.1. The largest absolute Gasteiger partial charge is 0.474 e. The lowest BCUT2D eigenvalue weighted by molar-refractivity contribution is 0.0621. The Morgan fingerprint density at radius 2 is 2.14 bits per heavy atom. The molecule has 1 aliphatic carbocycles. The fraction of sp³-hybridized carbons (Fsp3) is 0.524. The van der Waals surface area contributed by atoms with Crippen molar-refractivity contribution >= 4 is 41.3 Å². The number of pyridine rings is 1. The van der Waals surface area contributed by atoms with E-state index in [2.05, 4.69) is 20.6 Å². The molecule has 1 fully saturated rings. The van der Waals surface area contributed by atoms with Gasteiger partial charge in [0.15, 0.2) is 5.96 Å². The van der Waals surface area contributed by atoms with E-state index in [4.69, 9.17) is 4.74 Å². The fourth-order valence-electron chi connectivity index (χ4n) is 3.23. The third-order valence-corrected chi connectivity index (χ3v) is 5.58. The minimum atomic E-state index is -0.949. The third kappa shape index (κ3) is 7.42. The fourth-order valence-corrected chi connectivity index (χ4v) is 4.01. The summed E-state index contributed by atoms with van der Waals surface area (Å²) < 4.78 is 5.98. The molecular weight excluding hydrogens is 499 g/mol. The summed E-state index contributed by atoms with van der Waals surface area (Å²) in [5, 5.41) is 21.1. The average Bonchev–Trinajstić information content (AvgIpc) is 3.39. The Bertz CT molecular complexity index is 762. The molecule has 2 heterocycles. The minimum Gasteiger partial charge on any atom is -0.474 e. The van der Waals surface area contributed by atoms with Crippen molar-refractivity contribution in [3.05, 3.63) is 46.3 Å². The van der Waals surface area contributed by atoms with Crippen molar-refractivity contribution in [3.8, 4) is 5.88 Å². The maximum atomic E-state index is 10.7. The molecule has 2 aromatic rings. The second-order valence-electron chi connectivity index (χ2n) is 7.36. The maximum absolute atomic E-state index is 10.7.